The molecule has 4 aromatic rings. The van der Waals surface area contributed by atoms with Gasteiger partial charge in [0.15, 0.2) is 0 Å². The van der Waals surface area contributed by atoms with Gasteiger partial charge >= 0.3 is 0 Å². The van der Waals surface area contributed by atoms with Crippen molar-refractivity contribution in [2.45, 2.75) is 12.8 Å². The van der Waals surface area contributed by atoms with E-state index in [0.717, 1.165) is 64.8 Å². The molecule has 1 aliphatic heterocycles. The molecule has 1 aliphatic rings. The van der Waals surface area contributed by atoms with Crippen molar-refractivity contribution in [2.24, 2.45) is 11.7 Å². The number of carbonyl (C=O) groups excluding carboxylic acids is 2. The summed E-state index contributed by atoms with van der Waals surface area (Å²) in [5, 5.41) is 5.18. The topological polar surface area (TPSA) is 100 Å². The Kier molecular flexibility index (Phi) is 5.71. The zero-order valence-electron chi connectivity index (χ0n) is 19.4. The molecule has 0 unspecified atom stereocenters. The first-order valence-electron chi connectivity index (χ1n) is 11.5. The number of H-pyrrole nitrogens is 1. The van der Waals surface area contributed by atoms with Gasteiger partial charge in [0, 0.05) is 34.9 Å². The van der Waals surface area contributed by atoms with E-state index in [9.17, 15) is 9.59 Å². The summed E-state index contributed by atoms with van der Waals surface area (Å²) in [7, 11) is 3.45. The van der Waals surface area contributed by atoms with Gasteiger partial charge in [0.05, 0.1) is 18.2 Å². The maximum absolute atomic E-state index is 13.0. The number of fused-ring (bicyclic) bond motifs is 3. The number of carbonyl (C=O) groups is 2. The SMILES string of the molecule is COc1cccc(-c2cc(C(N)=O)c3[nH]c4cc(N(C)C(=O)C5CCNCC5)ccc4c3c2)c1. The molecule has 1 fully saturated rings. The first kappa shape index (κ1) is 22.0. The molecule has 1 saturated heterocycles. The number of nitrogens with zero attached hydrogens (tertiary/aromatic N) is 1. The largest absolute Gasteiger partial charge is 0.497 e. The fourth-order valence-electron chi connectivity index (χ4n) is 4.84. The Bertz CT molecular complexity index is 1400. The van der Waals surface area contributed by atoms with Gasteiger partial charge in [-0.15, -0.1) is 0 Å². The van der Waals surface area contributed by atoms with Crippen molar-refractivity contribution in [2.75, 3.05) is 32.1 Å². The number of primary amides is 1. The van der Waals surface area contributed by atoms with Gasteiger partial charge in [0.25, 0.3) is 5.91 Å². The van der Waals surface area contributed by atoms with Gasteiger partial charge in [-0.05, 0) is 73.5 Å². The molecular weight excluding hydrogens is 428 g/mol. The maximum atomic E-state index is 13.0. The average Bonchev–Trinajstić information content (AvgIpc) is 3.25. The minimum atomic E-state index is -0.500. The number of piperidine rings is 1. The molecule has 0 aliphatic carbocycles. The summed E-state index contributed by atoms with van der Waals surface area (Å²) in [5.74, 6) is 0.412. The molecule has 2 heterocycles. The standard InChI is InChI=1S/C27H28N4O3/c1-31(27(33)16-8-10-29-11-9-16)19-6-7-21-22-13-18(17-4-3-5-20(12-17)34-2)14-23(26(28)32)25(22)30-24(21)15-19/h3-7,12-16,29-30H,8-11H2,1-2H3,(H2,28,32). The number of anilines is 1. The van der Waals surface area contributed by atoms with Crippen LogP contribution in [0.1, 0.15) is 23.2 Å². The van der Waals surface area contributed by atoms with Gasteiger partial charge in [-0.1, -0.05) is 18.2 Å². The van der Waals surface area contributed by atoms with E-state index in [1.165, 1.54) is 0 Å². The smallest absolute Gasteiger partial charge is 0.250 e. The number of methoxy groups -OCH3 is 1. The highest BCUT2D eigenvalue weighted by Gasteiger charge is 2.25. The van der Waals surface area contributed by atoms with E-state index >= 15 is 0 Å². The van der Waals surface area contributed by atoms with E-state index in [-0.39, 0.29) is 11.8 Å². The number of hydrogen-bond donors (Lipinski definition) is 3. The predicted molar refractivity (Wildman–Crippen MR) is 135 cm³/mol. The summed E-state index contributed by atoms with van der Waals surface area (Å²) in [6.45, 7) is 1.74. The first-order valence-corrected chi connectivity index (χ1v) is 11.5. The highest BCUT2D eigenvalue weighted by Crippen LogP contribution is 2.35. The summed E-state index contributed by atoms with van der Waals surface area (Å²) in [6, 6.07) is 17.5. The maximum Gasteiger partial charge on any atom is 0.250 e. The van der Waals surface area contributed by atoms with Crippen LogP contribution in [0.15, 0.2) is 54.6 Å². The van der Waals surface area contributed by atoms with Crippen molar-refractivity contribution >= 4 is 39.3 Å². The number of hydrogen-bond acceptors (Lipinski definition) is 4. The Morgan fingerprint density at radius 1 is 1.00 bits per heavy atom. The van der Waals surface area contributed by atoms with Crippen LogP contribution in [0, 0.1) is 5.92 Å². The lowest BCUT2D eigenvalue weighted by Gasteiger charge is -2.27. The third-order valence-corrected chi connectivity index (χ3v) is 6.77. The summed E-state index contributed by atoms with van der Waals surface area (Å²) in [6.07, 6.45) is 1.71. The van der Waals surface area contributed by atoms with Crippen LogP contribution in [0.2, 0.25) is 0 Å². The Hall–Kier alpha value is -3.84. The molecule has 174 valence electrons. The van der Waals surface area contributed by atoms with Crippen LogP contribution >= 0.6 is 0 Å². The normalized spacial score (nSPS) is 14.4. The van der Waals surface area contributed by atoms with Crippen molar-refractivity contribution in [3.05, 3.63) is 60.2 Å². The Balaban J connectivity index is 1.59. The van der Waals surface area contributed by atoms with E-state index in [0.29, 0.717) is 11.1 Å². The highest BCUT2D eigenvalue weighted by atomic mass is 16.5. The van der Waals surface area contributed by atoms with Crippen molar-refractivity contribution in [3.8, 4) is 16.9 Å². The summed E-state index contributed by atoms with van der Waals surface area (Å²) < 4.78 is 5.36. The van der Waals surface area contributed by atoms with Gasteiger partial charge in [0.1, 0.15) is 5.75 Å². The second-order valence-electron chi connectivity index (χ2n) is 8.82. The first-order chi connectivity index (χ1) is 16.5. The number of ether oxygens (including phenoxy) is 1. The molecule has 0 spiro atoms. The van der Waals surface area contributed by atoms with Crippen molar-refractivity contribution in [1.82, 2.24) is 10.3 Å². The number of amides is 2. The predicted octanol–water partition coefficient (Wildman–Crippen LogP) is 4.06. The van der Waals surface area contributed by atoms with Crippen LogP contribution in [-0.2, 0) is 4.79 Å². The van der Waals surface area contributed by atoms with Crippen molar-refractivity contribution < 1.29 is 14.3 Å². The second-order valence-corrected chi connectivity index (χ2v) is 8.82. The van der Waals surface area contributed by atoms with Crippen LogP contribution in [0.4, 0.5) is 5.69 Å². The number of nitrogens with two attached hydrogens (primary N) is 1. The summed E-state index contributed by atoms with van der Waals surface area (Å²) in [4.78, 5) is 30.5. The lowest BCUT2D eigenvalue weighted by molar-refractivity contribution is -0.122. The Morgan fingerprint density at radius 3 is 2.53 bits per heavy atom. The van der Waals surface area contributed by atoms with E-state index in [4.69, 9.17) is 10.5 Å². The quantitative estimate of drug-likeness (QED) is 0.422. The molecule has 34 heavy (non-hydrogen) atoms. The van der Waals surface area contributed by atoms with Crippen LogP contribution in [-0.4, -0.2) is 44.0 Å². The number of benzene rings is 3. The van der Waals surface area contributed by atoms with E-state index in [2.05, 4.69) is 16.4 Å². The molecule has 0 atom stereocenters. The molecule has 5 rings (SSSR count). The van der Waals surface area contributed by atoms with Gasteiger partial charge in [-0.25, -0.2) is 0 Å². The zero-order valence-corrected chi connectivity index (χ0v) is 19.4. The monoisotopic (exact) mass is 456 g/mol. The van der Waals surface area contributed by atoms with Crippen LogP contribution in [0.25, 0.3) is 32.9 Å². The lowest BCUT2D eigenvalue weighted by atomic mass is 9.96. The number of nitrogens with one attached hydrogen (secondary N) is 2. The average molecular weight is 457 g/mol. The lowest BCUT2D eigenvalue weighted by Crippen LogP contribution is -2.39. The summed E-state index contributed by atoms with van der Waals surface area (Å²) in [5.41, 5.74) is 10.4. The summed E-state index contributed by atoms with van der Waals surface area (Å²) >= 11 is 0. The van der Waals surface area contributed by atoms with Crippen LogP contribution in [0.5, 0.6) is 5.75 Å². The molecule has 0 saturated carbocycles. The van der Waals surface area contributed by atoms with Gasteiger partial charge in [-0.2, -0.15) is 0 Å². The Labute approximate surface area is 197 Å². The minimum Gasteiger partial charge on any atom is -0.497 e. The van der Waals surface area contributed by atoms with Gasteiger partial charge in [-0.3, -0.25) is 9.59 Å². The highest BCUT2D eigenvalue weighted by molar-refractivity contribution is 6.16. The number of aromatic nitrogens is 1. The molecule has 7 nitrogen and oxygen atoms in total. The second kappa shape index (κ2) is 8.83. The molecule has 2 amide bonds. The van der Waals surface area contributed by atoms with E-state index < -0.39 is 5.91 Å². The molecular formula is C27H28N4O3. The fourth-order valence-corrected chi connectivity index (χ4v) is 4.84. The minimum absolute atomic E-state index is 0.0385. The molecule has 1 aromatic heterocycles. The van der Waals surface area contributed by atoms with E-state index in [1.54, 1.807) is 12.0 Å². The molecule has 3 aromatic carbocycles. The molecule has 0 radical (unpaired) electrons. The zero-order chi connectivity index (χ0) is 23.8. The third-order valence-electron chi connectivity index (χ3n) is 6.77. The Morgan fingerprint density at radius 2 is 1.79 bits per heavy atom. The van der Waals surface area contributed by atoms with E-state index in [1.807, 2.05) is 55.6 Å². The molecule has 4 N–H and O–H groups in total. The fraction of sp³-hybridized carbons (Fsp3) is 0.259. The number of rotatable bonds is 5. The van der Waals surface area contributed by atoms with Crippen LogP contribution in [0.3, 0.4) is 0 Å². The van der Waals surface area contributed by atoms with Crippen molar-refractivity contribution in [1.29, 1.82) is 0 Å². The van der Waals surface area contributed by atoms with Crippen LogP contribution < -0.4 is 20.7 Å². The molecule has 0 bridgehead atoms. The number of aromatic amines is 1. The third kappa shape index (κ3) is 3.88. The molecule has 7 heteroatoms. The van der Waals surface area contributed by atoms with Gasteiger partial charge in [0.2, 0.25) is 5.91 Å². The van der Waals surface area contributed by atoms with Crippen molar-refractivity contribution in [3.63, 3.8) is 0 Å². The van der Waals surface area contributed by atoms with Gasteiger partial charge < -0.3 is 25.7 Å².